The highest BCUT2D eigenvalue weighted by Gasteiger charge is 2.22. The van der Waals surface area contributed by atoms with E-state index in [-0.39, 0.29) is 0 Å². The number of benzene rings is 8. The smallest absolute Gasteiger partial charge is 0.135 e. The van der Waals surface area contributed by atoms with Crippen LogP contribution in [0.4, 0.5) is 0 Å². The van der Waals surface area contributed by atoms with Crippen LogP contribution in [-0.4, -0.2) is 4.57 Å². The van der Waals surface area contributed by atoms with Gasteiger partial charge in [-0.15, -0.1) is 0 Å². The van der Waals surface area contributed by atoms with Crippen LogP contribution in [0.25, 0.3) is 82.4 Å². The molecule has 8 aromatic carbocycles. The summed E-state index contributed by atoms with van der Waals surface area (Å²) in [4.78, 5) is 0. The molecule has 10 rings (SSSR count). The molecular formula is C44H27NO. The molecule has 0 bridgehead atoms. The second kappa shape index (κ2) is 9.69. The quantitative estimate of drug-likeness (QED) is 0.201. The Kier molecular flexibility index (Phi) is 5.31. The molecule has 0 N–H and O–H groups in total. The van der Waals surface area contributed by atoms with Gasteiger partial charge in [-0.1, -0.05) is 115 Å². The average Bonchev–Trinajstić information content (AvgIpc) is 3.47. The number of para-hydroxylation sites is 2. The van der Waals surface area contributed by atoms with Crippen molar-refractivity contribution < 1.29 is 4.74 Å². The Hall–Kier alpha value is -6.12. The van der Waals surface area contributed by atoms with Crippen molar-refractivity contribution >= 4 is 43.4 Å². The standard InChI is InChI=1S/C44H27NO/c1-2-16-33(17-3-1)45-39-21-7-6-19-36(39)43-34-18-5-4-11-32(34)27-37(44(43)45)31-15-8-14-29(25-31)30-23-24-40-38(26-30)35-20-9-12-28-13-10-22-41(46-40)42(28)35/h1-27H. The molecule has 9 aromatic rings. The summed E-state index contributed by atoms with van der Waals surface area (Å²) >= 11 is 0. The van der Waals surface area contributed by atoms with E-state index >= 15 is 0 Å². The van der Waals surface area contributed by atoms with Gasteiger partial charge in [0.25, 0.3) is 0 Å². The molecule has 214 valence electrons. The maximum absolute atomic E-state index is 6.40. The zero-order chi connectivity index (χ0) is 30.2. The minimum absolute atomic E-state index is 0.898. The van der Waals surface area contributed by atoms with Crippen LogP contribution in [0.3, 0.4) is 0 Å². The Morgan fingerprint density at radius 2 is 1.11 bits per heavy atom. The van der Waals surface area contributed by atoms with E-state index in [1.165, 1.54) is 71.2 Å². The van der Waals surface area contributed by atoms with Crippen molar-refractivity contribution in [2.24, 2.45) is 0 Å². The molecular weight excluding hydrogens is 558 g/mol. The van der Waals surface area contributed by atoms with Crippen LogP contribution in [-0.2, 0) is 0 Å². The van der Waals surface area contributed by atoms with E-state index in [4.69, 9.17) is 4.74 Å². The lowest BCUT2D eigenvalue weighted by Gasteiger charge is -2.22. The van der Waals surface area contributed by atoms with Crippen LogP contribution in [0.5, 0.6) is 11.5 Å². The van der Waals surface area contributed by atoms with Gasteiger partial charge < -0.3 is 9.30 Å². The molecule has 0 aliphatic carbocycles. The third-order valence-electron chi connectivity index (χ3n) is 9.54. The van der Waals surface area contributed by atoms with Crippen molar-refractivity contribution in [2.45, 2.75) is 0 Å². The zero-order valence-corrected chi connectivity index (χ0v) is 24.9. The van der Waals surface area contributed by atoms with Gasteiger partial charge in [-0.05, 0) is 86.9 Å². The number of rotatable bonds is 3. The fraction of sp³-hybridized carbons (Fsp3) is 0. The van der Waals surface area contributed by atoms with Crippen LogP contribution in [0.1, 0.15) is 0 Å². The Labute approximate surface area is 266 Å². The van der Waals surface area contributed by atoms with Gasteiger partial charge in [0.2, 0.25) is 0 Å². The highest BCUT2D eigenvalue weighted by molar-refractivity contribution is 6.25. The SMILES string of the molecule is c1ccc(-n2c3ccccc3c3c4ccccc4cc(-c4cccc(-c5ccc6c(c5)-c5cccc7cccc(c57)O6)c4)c32)cc1. The lowest BCUT2D eigenvalue weighted by Crippen LogP contribution is -1.97. The summed E-state index contributed by atoms with van der Waals surface area (Å²) in [6.45, 7) is 0. The van der Waals surface area contributed by atoms with E-state index in [0.717, 1.165) is 22.7 Å². The summed E-state index contributed by atoms with van der Waals surface area (Å²) in [5.41, 5.74) is 10.7. The van der Waals surface area contributed by atoms with E-state index in [0.29, 0.717) is 0 Å². The summed E-state index contributed by atoms with van der Waals surface area (Å²) in [6, 6.07) is 59.0. The summed E-state index contributed by atoms with van der Waals surface area (Å²) in [5, 5.41) is 7.43. The second-order valence-electron chi connectivity index (χ2n) is 12.1. The number of aromatic nitrogens is 1. The van der Waals surface area contributed by atoms with Crippen molar-refractivity contribution in [1.82, 2.24) is 4.57 Å². The fourth-order valence-corrected chi connectivity index (χ4v) is 7.52. The summed E-state index contributed by atoms with van der Waals surface area (Å²) in [6.07, 6.45) is 0. The number of hydrogen-bond donors (Lipinski definition) is 0. The first kappa shape index (κ1) is 25.2. The number of ether oxygens (including phenoxy) is 1. The first-order valence-corrected chi connectivity index (χ1v) is 15.8. The summed E-state index contributed by atoms with van der Waals surface area (Å²) < 4.78 is 8.84. The first-order chi connectivity index (χ1) is 22.8. The number of fused-ring (bicyclic) bond motifs is 7. The Morgan fingerprint density at radius 3 is 2.02 bits per heavy atom. The molecule has 1 aromatic heterocycles. The largest absolute Gasteiger partial charge is 0.456 e. The van der Waals surface area contributed by atoms with Gasteiger partial charge in [0.15, 0.2) is 0 Å². The van der Waals surface area contributed by atoms with Gasteiger partial charge in [-0.2, -0.15) is 0 Å². The molecule has 0 saturated heterocycles. The number of nitrogens with zero attached hydrogens (tertiary/aromatic N) is 1. The average molecular weight is 586 g/mol. The van der Waals surface area contributed by atoms with Gasteiger partial charge in [0.05, 0.1) is 11.0 Å². The van der Waals surface area contributed by atoms with E-state index in [2.05, 4.69) is 168 Å². The lowest BCUT2D eigenvalue weighted by atomic mass is 9.91. The molecule has 0 atom stereocenters. The molecule has 1 aliphatic heterocycles. The van der Waals surface area contributed by atoms with Crippen LogP contribution in [0.15, 0.2) is 164 Å². The Bertz CT molecular complexity index is 2660. The van der Waals surface area contributed by atoms with Crippen molar-refractivity contribution in [3.8, 4) is 50.6 Å². The Balaban J connectivity index is 1.22. The van der Waals surface area contributed by atoms with Gasteiger partial charge in [-0.3, -0.25) is 0 Å². The highest BCUT2D eigenvalue weighted by atomic mass is 16.5. The van der Waals surface area contributed by atoms with E-state index in [1.54, 1.807) is 0 Å². The second-order valence-corrected chi connectivity index (χ2v) is 12.1. The first-order valence-electron chi connectivity index (χ1n) is 15.8. The molecule has 46 heavy (non-hydrogen) atoms. The van der Waals surface area contributed by atoms with Gasteiger partial charge in [0, 0.05) is 33.0 Å². The van der Waals surface area contributed by atoms with Gasteiger partial charge >= 0.3 is 0 Å². The summed E-state index contributed by atoms with van der Waals surface area (Å²) in [7, 11) is 0. The normalized spacial score (nSPS) is 12.1. The third kappa shape index (κ3) is 3.65. The molecule has 0 amide bonds. The molecule has 1 aliphatic rings. The van der Waals surface area contributed by atoms with Gasteiger partial charge in [-0.25, -0.2) is 0 Å². The predicted molar refractivity (Wildman–Crippen MR) is 192 cm³/mol. The number of hydrogen-bond acceptors (Lipinski definition) is 1. The minimum Gasteiger partial charge on any atom is -0.456 e. The zero-order valence-electron chi connectivity index (χ0n) is 24.9. The van der Waals surface area contributed by atoms with Gasteiger partial charge in [0.1, 0.15) is 11.5 Å². The molecule has 2 nitrogen and oxygen atoms in total. The molecule has 0 fully saturated rings. The minimum atomic E-state index is 0.898. The van der Waals surface area contributed by atoms with Crippen molar-refractivity contribution in [3.05, 3.63) is 164 Å². The van der Waals surface area contributed by atoms with Crippen LogP contribution < -0.4 is 4.74 Å². The molecule has 0 radical (unpaired) electrons. The third-order valence-corrected chi connectivity index (χ3v) is 9.54. The monoisotopic (exact) mass is 585 g/mol. The Morgan fingerprint density at radius 1 is 0.391 bits per heavy atom. The van der Waals surface area contributed by atoms with Crippen molar-refractivity contribution in [2.75, 3.05) is 0 Å². The molecule has 0 unspecified atom stereocenters. The topological polar surface area (TPSA) is 14.2 Å². The van der Waals surface area contributed by atoms with Crippen LogP contribution >= 0.6 is 0 Å². The van der Waals surface area contributed by atoms with Crippen LogP contribution in [0.2, 0.25) is 0 Å². The fourth-order valence-electron chi connectivity index (χ4n) is 7.52. The molecule has 0 saturated carbocycles. The maximum atomic E-state index is 6.40. The predicted octanol–water partition coefficient (Wildman–Crippen LogP) is 12.2. The summed E-state index contributed by atoms with van der Waals surface area (Å²) in [5.74, 6) is 1.82. The lowest BCUT2D eigenvalue weighted by molar-refractivity contribution is 0.487. The van der Waals surface area contributed by atoms with Crippen molar-refractivity contribution in [3.63, 3.8) is 0 Å². The van der Waals surface area contributed by atoms with E-state index in [9.17, 15) is 0 Å². The maximum Gasteiger partial charge on any atom is 0.135 e. The van der Waals surface area contributed by atoms with E-state index < -0.39 is 0 Å². The highest BCUT2D eigenvalue weighted by Crippen LogP contribution is 2.48. The molecule has 0 spiro atoms. The molecule has 2 heterocycles. The van der Waals surface area contributed by atoms with E-state index in [1.807, 2.05) is 0 Å². The van der Waals surface area contributed by atoms with Crippen molar-refractivity contribution in [1.29, 1.82) is 0 Å². The van der Waals surface area contributed by atoms with Crippen LogP contribution in [0, 0.1) is 0 Å². The molecule has 2 heteroatoms.